The van der Waals surface area contributed by atoms with Crippen molar-refractivity contribution < 1.29 is 21.6 Å². The van der Waals surface area contributed by atoms with Crippen LogP contribution < -0.4 is 0 Å². The molecule has 9 heteroatoms. The number of benzene rings is 3. The van der Waals surface area contributed by atoms with E-state index in [1.165, 1.54) is 34.4 Å². The molecule has 0 atom stereocenters. The van der Waals surface area contributed by atoms with Crippen molar-refractivity contribution in [1.82, 2.24) is 0 Å². The zero-order valence-electron chi connectivity index (χ0n) is 19.5. The lowest BCUT2D eigenvalue weighted by atomic mass is 9.57. The summed E-state index contributed by atoms with van der Waals surface area (Å²) >= 11 is 0. The van der Waals surface area contributed by atoms with Crippen LogP contribution in [0.25, 0.3) is 21.5 Å². The molecule has 1 aliphatic carbocycles. The van der Waals surface area contributed by atoms with E-state index in [9.17, 15) is 0 Å². The first-order valence-electron chi connectivity index (χ1n) is 11.3. The number of fused-ring (bicyclic) bond motifs is 5. The molecule has 1 saturated heterocycles. The van der Waals surface area contributed by atoms with Gasteiger partial charge in [-0.2, -0.15) is 0 Å². The van der Waals surface area contributed by atoms with Crippen molar-refractivity contribution in [1.29, 1.82) is 0 Å². The van der Waals surface area contributed by atoms with Crippen molar-refractivity contribution in [3.05, 3.63) is 59.7 Å². The van der Waals surface area contributed by atoms with Gasteiger partial charge in [0.25, 0.3) is 30.0 Å². The third kappa shape index (κ3) is 4.72. The summed E-state index contributed by atoms with van der Waals surface area (Å²) in [5, 5.41) is 14.3. The minimum absolute atomic E-state index is 0.0360. The molecule has 0 amide bonds. The molecule has 32 heavy (non-hydrogen) atoms. The van der Waals surface area contributed by atoms with Crippen molar-refractivity contribution in [2.75, 3.05) is 6.23 Å². The van der Waals surface area contributed by atoms with Gasteiger partial charge in [0, 0.05) is 0 Å². The van der Waals surface area contributed by atoms with Gasteiger partial charge in [-0.25, -0.2) is 0 Å². The Balaban J connectivity index is 0.000000207. The van der Waals surface area contributed by atoms with Crippen molar-refractivity contribution in [2.45, 2.75) is 46.0 Å². The summed E-state index contributed by atoms with van der Waals surface area (Å²) in [4.78, 5) is 0. The molecule has 0 radical (unpaired) electrons. The maximum Gasteiger partial charge on any atom is 0.329 e. The SMILES string of the molecule is CC1(C)CCc2c(ccc3c2ccc2ccccc23)C1(C)C.OC[SiH]1O[SiH2]O[SiH2]O[SiH2]O1. The average molecular weight is 503 g/mol. The first kappa shape index (κ1) is 24.0. The lowest BCUT2D eigenvalue weighted by Gasteiger charge is -2.47. The monoisotopic (exact) mass is 502 g/mol. The highest BCUT2D eigenvalue weighted by molar-refractivity contribution is 6.59. The predicted molar refractivity (Wildman–Crippen MR) is 141 cm³/mol. The molecule has 1 N–H and O–H groups in total. The Morgan fingerprint density at radius 3 is 2.25 bits per heavy atom. The molecular weight excluding hydrogens is 469 g/mol. The van der Waals surface area contributed by atoms with Crippen molar-refractivity contribution in [3.63, 3.8) is 0 Å². The van der Waals surface area contributed by atoms with E-state index in [4.69, 9.17) is 21.6 Å². The van der Waals surface area contributed by atoms with Gasteiger partial charge in [-0.15, -0.1) is 0 Å². The van der Waals surface area contributed by atoms with Crippen LogP contribution in [-0.4, -0.2) is 50.6 Å². The van der Waals surface area contributed by atoms with Crippen molar-refractivity contribution in [3.8, 4) is 0 Å². The first-order valence-corrected chi connectivity index (χ1v) is 16.5. The third-order valence-electron chi connectivity index (χ3n) is 7.39. The average Bonchev–Trinajstić information content (AvgIpc) is 2.76. The Morgan fingerprint density at radius 2 is 1.53 bits per heavy atom. The number of aliphatic hydroxyl groups excluding tert-OH is 1. The molecule has 3 aromatic rings. The molecule has 1 aliphatic heterocycles. The molecule has 1 fully saturated rings. The van der Waals surface area contributed by atoms with E-state index in [1.807, 2.05) is 0 Å². The van der Waals surface area contributed by atoms with Crippen LogP contribution in [0.4, 0.5) is 0 Å². The van der Waals surface area contributed by atoms with Gasteiger partial charge < -0.3 is 21.6 Å². The summed E-state index contributed by atoms with van der Waals surface area (Å²) in [6.45, 7) is 9.66. The molecular formula is C23H34O5Si4. The van der Waals surface area contributed by atoms with Gasteiger partial charge in [0.05, 0.1) is 6.23 Å². The number of hydrogen-bond acceptors (Lipinski definition) is 5. The molecule has 0 aromatic heterocycles. The van der Waals surface area contributed by atoms with Gasteiger partial charge in [-0.1, -0.05) is 76.2 Å². The van der Waals surface area contributed by atoms with Gasteiger partial charge in [-0.05, 0) is 56.3 Å². The fourth-order valence-corrected chi connectivity index (χ4v) is 12.5. The molecule has 2 aliphatic rings. The van der Waals surface area contributed by atoms with E-state index in [0.717, 1.165) is 0 Å². The van der Waals surface area contributed by atoms with Crippen LogP contribution in [0.1, 0.15) is 45.2 Å². The zero-order chi connectivity index (χ0) is 22.8. The van der Waals surface area contributed by atoms with Gasteiger partial charge in [0.1, 0.15) is 0 Å². The molecule has 3 aromatic carbocycles. The second-order valence-electron chi connectivity index (χ2n) is 9.69. The first-order chi connectivity index (χ1) is 15.3. The summed E-state index contributed by atoms with van der Waals surface area (Å²) in [5.41, 5.74) is 3.70. The van der Waals surface area contributed by atoms with Crippen molar-refractivity contribution >= 4 is 60.8 Å². The fraction of sp³-hybridized carbons (Fsp3) is 0.391. The summed E-state index contributed by atoms with van der Waals surface area (Å²) in [6, 6.07) is 18.1. The lowest BCUT2D eigenvalue weighted by molar-refractivity contribution is 0.166. The minimum Gasteiger partial charge on any atom is -0.425 e. The van der Waals surface area contributed by atoms with Crippen LogP contribution in [0.2, 0.25) is 0 Å². The Labute approximate surface area is 199 Å². The molecule has 5 rings (SSSR count). The van der Waals surface area contributed by atoms with E-state index in [-0.39, 0.29) is 11.6 Å². The Bertz CT molecular complexity index is 1080. The van der Waals surface area contributed by atoms with Crippen LogP contribution in [-0.2, 0) is 28.3 Å². The highest BCUT2D eigenvalue weighted by Gasteiger charge is 2.42. The van der Waals surface area contributed by atoms with Gasteiger partial charge in [0.2, 0.25) is 0 Å². The molecule has 5 nitrogen and oxygen atoms in total. The predicted octanol–water partition coefficient (Wildman–Crippen LogP) is 2.06. The van der Waals surface area contributed by atoms with Crippen LogP contribution in [0.5, 0.6) is 0 Å². The van der Waals surface area contributed by atoms with Crippen LogP contribution in [0, 0.1) is 5.41 Å². The third-order valence-corrected chi connectivity index (χ3v) is 14.4. The quantitative estimate of drug-likeness (QED) is 0.408. The lowest BCUT2D eigenvalue weighted by Crippen LogP contribution is -2.41. The second-order valence-corrected chi connectivity index (χ2v) is 17.6. The summed E-state index contributed by atoms with van der Waals surface area (Å²) in [7, 11) is -4.24. The van der Waals surface area contributed by atoms with E-state index in [1.54, 1.807) is 11.1 Å². The van der Waals surface area contributed by atoms with E-state index >= 15 is 0 Å². The number of rotatable bonds is 1. The fourth-order valence-electron chi connectivity index (χ4n) is 4.65. The minimum atomic E-state index is -1.73. The maximum atomic E-state index is 8.66. The molecule has 0 unspecified atom stereocenters. The largest absolute Gasteiger partial charge is 0.425 e. The standard InChI is InChI=1S/C22H24.CH10O5Si4/c1-21(2)14-13-19-18-10-9-15-7-5-6-8-16(15)17(18)11-12-20(19)22(21,3)4;2-1-10-5-8-3-7-4-9-6-10/h5-12H,13-14H2,1-4H3;2,10H,1,7-9H2. The van der Waals surface area contributed by atoms with E-state index in [2.05, 4.69) is 76.2 Å². The Hall–Kier alpha value is -1.15. The van der Waals surface area contributed by atoms with E-state index < -0.39 is 39.3 Å². The Morgan fingerprint density at radius 1 is 0.844 bits per heavy atom. The second kappa shape index (κ2) is 10.00. The van der Waals surface area contributed by atoms with E-state index in [0.29, 0.717) is 5.41 Å². The zero-order valence-corrected chi connectivity index (χ0v) is 24.9. The van der Waals surface area contributed by atoms with Gasteiger partial charge in [-0.3, -0.25) is 0 Å². The molecule has 172 valence electrons. The maximum absolute atomic E-state index is 8.66. The summed E-state index contributed by atoms with van der Waals surface area (Å²) in [6.07, 6.45) is 2.49. The highest BCUT2D eigenvalue weighted by atomic mass is 28.4. The van der Waals surface area contributed by atoms with Gasteiger partial charge >= 0.3 is 9.28 Å². The molecule has 0 saturated carbocycles. The normalized spacial score (nSPS) is 24.6. The summed E-state index contributed by atoms with van der Waals surface area (Å²) in [5.74, 6) is 0. The topological polar surface area (TPSA) is 57.2 Å². The van der Waals surface area contributed by atoms with Crippen LogP contribution in [0.15, 0.2) is 48.5 Å². The number of hydrogen-bond donors (Lipinski definition) is 1. The summed E-state index contributed by atoms with van der Waals surface area (Å²) < 4.78 is 20.6. The number of aliphatic hydroxyl groups is 1. The Kier molecular flexibility index (Phi) is 7.49. The van der Waals surface area contributed by atoms with Gasteiger partial charge in [0.15, 0.2) is 0 Å². The molecule has 0 spiro atoms. The smallest absolute Gasteiger partial charge is 0.329 e. The molecule has 1 heterocycles. The van der Waals surface area contributed by atoms with Crippen LogP contribution in [0.3, 0.4) is 0 Å². The number of aryl methyl sites for hydroxylation is 1. The highest BCUT2D eigenvalue weighted by Crippen LogP contribution is 2.51. The van der Waals surface area contributed by atoms with Crippen molar-refractivity contribution in [2.24, 2.45) is 5.41 Å². The van der Waals surface area contributed by atoms with Crippen LogP contribution >= 0.6 is 0 Å². The molecule has 0 bridgehead atoms.